The van der Waals surface area contributed by atoms with Gasteiger partial charge in [-0.15, -0.1) is 11.3 Å². The van der Waals surface area contributed by atoms with Crippen molar-refractivity contribution in [1.29, 1.82) is 0 Å². The van der Waals surface area contributed by atoms with Crippen molar-refractivity contribution < 1.29 is 14.6 Å². The number of thiazole rings is 1. The van der Waals surface area contributed by atoms with Crippen molar-refractivity contribution in [3.63, 3.8) is 0 Å². The summed E-state index contributed by atoms with van der Waals surface area (Å²) in [4.78, 5) is 17.1. The van der Waals surface area contributed by atoms with Crippen LogP contribution in [0.3, 0.4) is 0 Å². The Hall–Kier alpha value is -2.92. The van der Waals surface area contributed by atoms with E-state index >= 15 is 0 Å². The average Bonchev–Trinajstić information content (AvgIpc) is 3.22. The Morgan fingerprint density at radius 3 is 2.88 bits per heavy atom. The highest BCUT2D eigenvalue weighted by Gasteiger charge is 2.27. The van der Waals surface area contributed by atoms with E-state index in [-0.39, 0.29) is 11.5 Å². The van der Waals surface area contributed by atoms with Gasteiger partial charge < -0.3 is 9.84 Å². The fourth-order valence-corrected chi connectivity index (χ4v) is 3.73. The first-order chi connectivity index (χ1) is 12.2. The molecule has 5 heteroatoms. The van der Waals surface area contributed by atoms with E-state index < -0.39 is 0 Å². The number of hydrogen-bond donors (Lipinski definition) is 1. The fraction of sp³-hybridized carbons (Fsp3) is 0.100. The lowest BCUT2D eigenvalue weighted by Gasteiger charge is -2.01. The van der Waals surface area contributed by atoms with Gasteiger partial charge in [0.15, 0.2) is 5.78 Å². The number of carbonyl (C=O) groups excluding carboxylic acids is 1. The van der Waals surface area contributed by atoms with Crippen LogP contribution in [0.25, 0.3) is 16.6 Å². The summed E-state index contributed by atoms with van der Waals surface area (Å²) in [7, 11) is 1.63. The van der Waals surface area contributed by atoms with Gasteiger partial charge in [-0.3, -0.25) is 4.79 Å². The summed E-state index contributed by atoms with van der Waals surface area (Å²) >= 11 is 1.52. The van der Waals surface area contributed by atoms with Gasteiger partial charge in [-0.05, 0) is 24.3 Å². The normalized spacial score (nSPS) is 14.8. The molecule has 3 aromatic rings. The molecule has 0 unspecified atom stereocenters. The zero-order chi connectivity index (χ0) is 17.4. The monoisotopic (exact) mass is 349 g/mol. The molecule has 0 fully saturated rings. The molecule has 1 aromatic heterocycles. The highest BCUT2D eigenvalue weighted by Crippen LogP contribution is 2.34. The SMILES string of the molecule is COc1cccc(-c2nc(/C=C3/Cc4c(O)cccc4C3=O)cs2)c1. The summed E-state index contributed by atoms with van der Waals surface area (Å²) in [5, 5.41) is 12.7. The van der Waals surface area contributed by atoms with Gasteiger partial charge in [0, 0.05) is 34.1 Å². The van der Waals surface area contributed by atoms with Crippen molar-refractivity contribution in [3.8, 4) is 22.1 Å². The number of hydrogen-bond acceptors (Lipinski definition) is 5. The number of nitrogens with zero attached hydrogens (tertiary/aromatic N) is 1. The van der Waals surface area contributed by atoms with E-state index in [0.717, 1.165) is 22.0 Å². The fourth-order valence-electron chi connectivity index (χ4n) is 2.95. The molecule has 1 aliphatic rings. The number of allylic oxidation sites excluding steroid dienone is 1. The number of ether oxygens (including phenoxy) is 1. The summed E-state index contributed by atoms with van der Waals surface area (Å²) in [5.41, 5.74) is 3.65. The molecule has 0 saturated carbocycles. The number of phenolic OH excluding ortho intramolecular Hbond substituents is 1. The van der Waals surface area contributed by atoms with Crippen LogP contribution in [0.15, 0.2) is 53.4 Å². The number of ketones is 1. The lowest BCUT2D eigenvalue weighted by atomic mass is 10.1. The Bertz CT molecular complexity index is 1000. The van der Waals surface area contributed by atoms with Gasteiger partial charge >= 0.3 is 0 Å². The minimum atomic E-state index is -0.0400. The molecule has 0 bridgehead atoms. The number of benzene rings is 2. The largest absolute Gasteiger partial charge is 0.508 e. The highest BCUT2D eigenvalue weighted by atomic mass is 32.1. The summed E-state index contributed by atoms with van der Waals surface area (Å²) in [5.74, 6) is 0.913. The Morgan fingerprint density at radius 2 is 2.08 bits per heavy atom. The molecule has 25 heavy (non-hydrogen) atoms. The Morgan fingerprint density at radius 1 is 1.24 bits per heavy atom. The zero-order valence-corrected chi connectivity index (χ0v) is 14.3. The Labute approximate surface area is 149 Å². The quantitative estimate of drug-likeness (QED) is 0.714. The van der Waals surface area contributed by atoms with Crippen LogP contribution in [0.2, 0.25) is 0 Å². The molecule has 0 aliphatic heterocycles. The van der Waals surface area contributed by atoms with Crippen molar-refractivity contribution in [2.75, 3.05) is 7.11 Å². The van der Waals surface area contributed by atoms with Crippen LogP contribution in [0.4, 0.5) is 0 Å². The molecule has 2 aromatic carbocycles. The van der Waals surface area contributed by atoms with Crippen molar-refractivity contribution in [1.82, 2.24) is 4.98 Å². The summed E-state index contributed by atoms with van der Waals surface area (Å²) in [6.07, 6.45) is 2.24. The van der Waals surface area contributed by atoms with Gasteiger partial charge in [-0.1, -0.05) is 24.3 Å². The topological polar surface area (TPSA) is 59.4 Å². The summed E-state index contributed by atoms with van der Waals surface area (Å²) in [6, 6.07) is 12.8. The lowest BCUT2D eigenvalue weighted by molar-refractivity contribution is 0.104. The molecule has 0 amide bonds. The number of phenols is 1. The van der Waals surface area contributed by atoms with Gasteiger partial charge in [-0.25, -0.2) is 4.98 Å². The third-order valence-electron chi connectivity index (χ3n) is 4.22. The molecule has 0 atom stereocenters. The van der Waals surface area contributed by atoms with Crippen LogP contribution < -0.4 is 4.74 Å². The van der Waals surface area contributed by atoms with Gasteiger partial charge in [-0.2, -0.15) is 0 Å². The smallest absolute Gasteiger partial charge is 0.189 e. The first-order valence-corrected chi connectivity index (χ1v) is 8.70. The second-order valence-corrected chi connectivity index (χ2v) is 6.65. The van der Waals surface area contributed by atoms with Crippen LogP contribution in [0, 0.1) is 0 Å². The molecule has 4 nitrogen and oxygen atoms in total. The van der Waals surface area contributed by atoms with E-state index in [0.29, 0.717) is 23.1 Å². The molecule has 1 heterocycles. The lowest BCUT2D eigenvalue weighted by Crippen LogP contribution is -1.95. The maximum absolute atomic E-state index is 12.5. The van der Waals surface area contributed by atoms with Gasteiger partial charge in [0.1, 0.15) is 16.5 Å². The Balaban J connectivity index is 1.65. The van der Waals surface area contributed by atoms with E-state index in [4.69, 9.17) is 4.74 Å². The number of methoxy groups -OCH3 is 1. The number of aromatic hydroxyl groups is 1. The maximum Gasteiger partial charge on any atom is 0.189 e. The molecular weight excluding hydrogens is 334 g/mol. The van der Waals surface area contributed by atoms with Crippen LogP contribution in [0.5, 0.6) is 11.5 Å². The number of Topliss-reactive ketones (excluding diaryl/α,β-unsaturated/α-hetero) is 1. The van der Waals surface area contributed by atoms with Crippen LogP contribution in [-0.2, 0) is 6.42 Å². The first kappa shape index (κ1) is 15.6. The maximum atomic E-state index is 12.5. The van der Waals surface area contributed by atoms with Crippen molar-refractivity contribution in [3.05, 3.63) is 70.2 Å². The molecular formula is C20H15NO3S. The molecule has 0 radical (unpaired) electrons. The highest BCUT2D eigenvalue weighted by molar-refractivity contribution is 7.13. The van der Waals surface area contributed by atoms with Crippen molar-refractivity contribution >= 4 is 23.2 Å². The molecule has 4 rings (SSSR count). The second kappa shape index (κ2) is 6.18. The standard InChI is InChI=1S/C20H15NO3S/c1-24-15-5-2-4-12(9-15)20-21-14(11-25-20)8-13-10-17-16(19(13)23)6-3-7-18(17)22/h2-9,11,22H,10H2,1H3/b13-8-. The van der Waals surface area contributed by atoms with Gasteiger partial charge in [0.25, 0.3) is 0 Å². The second-order valence-electron chi connectivity index (χ2n) is 5.79. The molecule has 1 aliphatic carbocycles. The minimum Gasteiger partial charge on any atom is -0.508 e. The molecule has 0 saturated heterocycles. The minimum absolute atomic E-state index is 0.0400. The van der Waals surface area contributed by atoms with E-state index in [9.17, 15) is 9.90 Å². The van der Waals surface area contributed by atoms with Crippen LogP contribution in [-0.4, -0.2) is 23.0 Å². The van der Waals surface area contributed by atoms with Gasteiger partial charge in [0.2, 0.25) is 0 Å². The Kier molecular flexibility index (Phi) is 3.86. The van der Waals surface area contributed by atoms with Crippen molar-refractivity contribution in [2.24, 2.45) is 0 Å². The summed E-state index contributed by atoms with van der Waals surface area (Å²) < 4.78 is 5.25. The summed E-state index contributed by atoms with van der Waals surface area (Å²) in [6.45, 7) is 0. The average molecular weight is 349 g/mol. The van der Waals surface area contributed by atoms with E-state index in [1.54, 1.807) is 25.3 Å². The van der Waals surface area contributed by atoms with E-state index in [2.05, 4.69) is 4.98 Å². The third-order valence-corrected chi connectivity index (χ3v) is 5.13. The number of fused-ring (bicyclic) bond motifs is 1. The molecule has 1 N–H and O–H groups in total. The number of rotatable bonds is 3. The van der Waals surface area contributed by atoms with Gasteiger partial charge in [0.05, 0.1) is 12.8 Å². The number of carbonyl (C=O) groups is 1. The predicted octanol–water partition coefficient (Wildman–Crippen LogP) is 4.35. The molecule has 124 valence electrons. The predicted molar refractivity (Wildman–Crippen MR) is 98.2 cm³/mol. The van der Waals surface area contributed by atoms with Crippen LogP contribution in [0.1, 0.15) is 21.6 Å². The first-order valence-electron chi connectivity index (χ1n) is 7.82. The van der Waals surface area contributed by atoms with Crippen molar-refractivity contribution in [2.45, 2.75) is 6.42 Å². The van der Waals surface area contributed by atoms with E-state index in [1.807, 2.05) is 35.7 Å². The third kappa shape index (κ3) is 2.83. The molecule has 0 spiro atoms. The zero-order valence-electron chi connectivity index (χ0n) is 13.5. The van der Waals surface area contributed by atoms with E-state index in [1.165, 1.54) is 11.3 Å². The van der Waals surface area contributed by atoms with Crippen LogP contribution >= 0.6 is 11.3 Å². The number of aromatic nitrogens is 1.